The number of carbonyl (C=O) groups excluding carboxylic acids is 3. The van der Waals surface area contributed by atoms with Crippen molar-refractivity contribution >= 4 is 34.8 Å². The molecule has 1 aromatic rings. The number of hydrogen-bond donors (Lipinski definition) is 0. The quantitative estimate of drug-likeness (QED) is 0.557. The van der Waals surface area contributed by atoms with Gasteiger partial charge in [0, 0.05) is 23.9 Å². The number of likely N-dealkylation sites (N-methyl/N-ethyl adjacent to an activating group) is 1. The Hall–Kier alpha value is -1.89. The Labute approximate surface area is 190 Å². The minimum absolute atomic E-state index is 0.0587. The van der Waals surface area contributed by atoms with E-state index in [2.05, 4.69) is 27.7 Å². The highest BCUT2D eigenvalue weighted by Gasteiger charge is 2.35. The number of anilines is 1. The number of hydrogen-bond acceptors (Lipinski definition) is 5. The molecule has 1 aliphatic carbocycles. The molecule has 174 valence electrons. The van der Waals surface area contributed by atoms with Gasteiger partial charge < -0.3 is 14.5 Å². The molecule has 31 heavy (non-hydrogen) atoms. The Bertz CT molecular complexity index is 784. The molecule has 2 amide bonds. The fourth-order valence-electron chi connectivity index (χ4n) is 4.01. The monoisotopic (exact) mass is 450 g/mol. The van der Waals surface area contributed by atoms with Crippen molar-refractivity contribution in [3.8, 4) is 0 Å². The van der Waals surface area contributed by atoms with Gasteiger partial charge in [0.2, 0.25) is 11.8 Å². The summed E-state index contributed by atoms with van der Waals surface area (Å²) < 4.78 is 5.03. The van der Waals surface area contributed by atoms with Gasteiger partial charge in [0.25, 0.3) is 0 Å². The number of ether oxygens (including phenoxy) is 1. The van der Waals surface area contributed by atoms with E-state index in [1.54, 1.807) is 9.80 Å². The van der Waals surface area contributed by atoms with Crippen LogP contribution in [0.3, 0.4) is 0 Å². The third kappa shape index (κ3) is 6.09. The summed E-state index contributed by atoms with van der Waals surface area (Å²) in [6.45, 7) is 13.4. The summed E-state index contributed by atoms with van der Waals surface area (Å²) >= 11 is 1.35. The van der Waals surface area contributed by atoms with Gasteiger partial charge in [-0.05, 0) is 56.9 Å². The molecule has 0 radical (unpaired) electrons. The van der Waals surface area contributed by atoms with Crippen molar-refractivity contribution in [1.82, 2.24) is 4.90 Å². The summed E-state index contributed by atoms with van der Waals surface area (Å²) in [7, 11) is 1.35. The highest BCUT2D eigenvalue weighted by atomic mass is 32.1. The molecule has 1 heterocycles. The van der Waals surface area contributed by atoms with Crippen LogP contribution in [0, 0.1) is 11.8 Å². The van der Waals surface area contributed by atoms with Crippen LogP contribution in [0.15, 0.2) is 6.07 Å². The highest BCUT2D eigenvalue weighted by Crippen LogP contribution is 2.39. The summed E-state index contributed by atoms with van der Waals surface area (Å²) in [5.41, 5.74) is 0.315. The van der Waals surface area contributed by atoms with E-state index in [1.807, 2.05) is 19.9 Å². The van der Waals surface area contributed by atoms with Gasteiger partial charge in [-0.25, -0.2) is 4.79 Å². The predicted molar refractivity (Wildman–Crippen MR) is 126 cm³/mol. The summed E-state index contributed by atoms with van der Waals surface area (Å²) in [5, 5.41) is 0. The van der Waals surface area contributed by atoms with Gasteiger partial charge in [0.05, 0.1) is 12.8 Å². The standard InChI is InChI=1S/C24H38N2O4S/c1-8-25(9-2)20(27)15-26(22(28)17-12-10-16(3)11-13-17)18-14-19(24(4,5)6)31-21(18)23(29)30-7/h14,16-17H,8-13,15H2,1-7H3. The Morgan fingerprint density at radius 3 is 2.16 bits per heavy atom. The van der Waals surface area contributed by atoms with Crippen LogP contribution in [-0.4, -0.2) is 49.4 Å². The fraction of sp³-hybridized carbons (Fsp3) is 0.708. The first-order chi connectivity index (χ1) is 14.5. The minimum atomic E-state index is -0.471. The van der Waals surface area contributed by atoms with E-state index < -0.39 is 5.97 Å². The van der Waals surface area contributed by atoms with Crippen molar-refractivity contribution in [1.29, 1.82) is 0 Å². The van der Waals surface area contributed by atoms with E-state index in [0.29, 0.717) is 29.6 Å². The largest absolute Gasteiger partial charge is 0.465 e. The van der Waals surface area contributed by atoms with E-state index in [1.165, 1.54) is 18.4 Å². The normalized spacial score (nSPS) is 19.1. The van der Waals surface area contributed by atoms with Gasteiger partial charge in [0.15, 0.2) is 0 Å². The molecule has 0 unspecified atom stereocenters. The van der Waals surface area contributed by atoms with Crippen LogP contribution in [0.1, 0.15) is 81.8 Å². The zero-order valence-corrected chi connectivity index (χ0v) is 20.9. The smallest absolute Gasteiger partial charge is 0.350 e. The molecule has 1 saturated carbocycles. The van der Waals surface area contributed by atoms with E-state index in [-0.39, 0.29) is 29.7 Å². The second-order valence-corrected chi connectivity index (χ2v) is 10.6. The number of nitrogens with zero attached hydrogens (tertiary/aromatic N) is 2. The van der Waals surface area contributed by atoms with Crippen LogP contribution in [0.4, 0.5) is 5.69 Å². The van der Waals surface area contributed by atoms with Crippen LogP contribution in [0.5, 0.6) is 0 Å². The van der Waals surface area contributed by atoms with Crippen molar-refractivity contribution in [3.05, 3.63) is 15.8 Å². The van der Waals surface area contributed by atoms with Crippen LogP contribution in [-0.2, 0) is 19.7 Å². The average Bonchev–Trinajstić information content (AvgIpc) is 3.18. The van der Waals surface area contributed by atoms with E-state index >= 15 is 0 Å². The first-order valence-corrected chi connectivity index (χ1v) is 12.2. The molecule has 1 aromatic heterocycles. The molecular formula is C24H38N2O4S. The second-order valence-electron chi connectivity index (χ2n) is 9.51. The number of rotatable bonds is 7. The maximum absolute atomic E-state index is 13.7. The first-order valence-electron chi connectivity index (χ1n) is 11.3. The zero-order valence-electron chi connectivity index (χ0n) is 20.1. The number of carbonyl (C=O) groups is 3. The molecule has 2 rings (SSSR count). The van der Waals surface area contributed by atoms with Crippen molar-refractivity contribution in [3.63, 3.8) is 0 Å². The topological polar surface area (TPSA) is 66.9 Å². The van der Waals surface area contributed by atoms with Crippen LogP contribution in [0.25, 0.3) is 0 Å². The van der Waals surface area contributed by atoms with Crippen LogP contribution in [0.2, 0.25) is 0 Å². The fourth-order valence-corrected chi connectivity index (χ4v) is 5.15. The maximum atomic E-state index is 13.7. The van der Waals surface area contributed by atoms with E-state index in [4.69, 9.17) is 4.74 Å². The summed E-state index contributed by atoms with van der Waals surface area (Å²) in [6.07, 6.45) is 3.66. The Morgan fingerprint density at radius 2 is 1.68 bits per heavy atom. The molecular weight excluding hydrogens is 412 g/mol. The molecule has 1 fully saturated rings. The van der Waals surface area contributed by atoms with E-state index in [0.717, 1.165) is 30.6 Å². The van der Waals surface area contributed by atoms with Gasteiger partial charge in [-0.3, -0.25) is 9.59 Å². The van der Waals surface area contributed by atoms with Crippen molar-refractivity contribution in [2.45, 2.75) is 72.6 Å². The number of methoxy groups -OCH3 is 1. The van der Waals surface area contributed by atoms with Crippen LogP contribution < -0.4 is 4.90 Å². The predicted octanol–water partition coefficient (Wildman–Crippen LogP) is 4.86. The Kier molecular flexibility index (Phi) is 8.69. The molecule has 0 aliphatic heterocycles. The Morgan fingerprint density at radius 1 is 1.10 bits per heavy atom. The van der Waals surface area contributed by atoms with Gasteiger partial charge >= 0.3 is 5.97 Å². The summed E-state index contributed by atoms with van der Waals surface area (Å²) in [4.78, 5) is 43.9. The first kappa shape index (κ1) is 25.4. The van der Waals surface area contributed by atoms with Crippen molar-refractivity contribution < 1.29 is 19.1 Å². The van der Waals surface area contributed by atoms with Gasteiger partial charge in [-0.15, -0.1) is 11.3 Å². The van der Waals surface area contributed by atoms with E-state index in [9.17, 15) is 14.4 Å². The molecule has 1 aliphatic rings. The maximum Gasteiger partial charge on any atom is 0.350 e. The lowest BCUT2D eigenvalue weighted by atomic mass is 9.82. The number of amides is 2. The molecule has 6 nitrogen and oxygen atoms in total. The average molecular weight is 451 g/mol. The lowest BCUT2D eigenvalue weighted by Gasteiger charge is -2.32. The molecule has 0 spiro atoms. The van der Waals surface area contributed by atoms with Crippen molar-refractivity contribution in [2.24, 2.45) is 11.8 Å². The summed E-state index contributed by atoms with van der Waals surface area (Å²) in [5.74, 6) is -0.142. The SMILES string of the molecule is CCN(CC)C(=O)CN(C(=O)C1CCC(C)CC1)c1cc(C(C)(C)C)sc1C(=O)OC. The molecule has 7 heteroatoms. The molecule has 0 N–H and O–H groups in total. The molecule has 0 aromatic carbocycles. The minimum Gasteiger partial charge on any atom is -0.465 e. The zero-order chi connectivity index (χ0) is 23.3. The van der Waals surface area contributed by atoms with Gasteiger partial charge in [-0.2, -0.15) is 0 Å². The lowest BCUT2D eigenvalue weighted by Crippen LogP contribution is -2.46. The third-order valence-corrected chi connectivity index (χ3v) is 7.68. The molecule has 0 bridgehead atoms. The Balaban J connectivity index is 2.50. The number of esters is 1. The lowest BCUT2D eigenvalue weighted by molar-refractivity contribution is -0.132. The van der Waals surface area contributed by atoms with Crippen LogP contribution >= 0.6 is 11.3 Å². The third-order valence-electron chi connectivity index (χ3n) is 6.15. The molecule has 0 atom stereocenters. The van der Waals surface area contributed by atoms with Gasteiger partial charge in [-0.1, -0.05) is 27.7 Å². The highest BCUT2D eigenvalue weighted by molar-refractivity contribution is 7.14. The van der Waals surface area contributed by atoms with Gasteiger partial charge in [0.1, 0.15) is 11.4 Å². The van der Waals surface area contributed by atoms with Crippen molar-refractivity contribution in [2.75, 3.05) is 31.6 Å². The number of thiophene rings is 1. The molecule has 0 saturated heterocycles. The second kappa shape index (κ2) is 10.6. The summed E-state index contributed by atoms with van der Waals surface area (Å²) in [6, 6.07) is 1.90.